The second-order valence-corrected chi connectivity index (χ2v) is 7.86. The van der Waals surface area contributed by atoms with Gasteiger partial charge in [0.1, 0.15) is 5.01 Å². The molecule has 0 fully saturated rings. The molecule has 0 aliphatic rings. The molecular weight excluding hydrogens is 397 g/mol. The third-order valence-corrected chi connectivity index (χ3v) is 5.70. The number of aromatic nitrogens is 2. The number of thioether (sulfide) groups is 1. The molecule has 0 spiro atoms. The molecule has 0 atom stereocenters. The first-order valence-electron chi connectivity index (χ1n) is 7.32. The summed E-state index contributed by atoms with van der Waals surface area (Å²) in [6, 6.07) is 14.9. The van der Waals surface area contributed by atoms with Gasteiger partial charge in [0, 0.05) is 21.4 Å². The summed E-state index contributed by atoms with van der Waals surface area (Å²) in [6.07, 6.45) is 0. The van der Waals surface area contributed by atoms with E-state index in [1.54, 1.807) is 12.1 Å². The van der Waals surface area contributed by atoms with E-state index in [4.69, 9.17) is 23.2 Å². The van der Waals surface area contributed by atoms with Crippen molar-refractivity contribution in [3.05, 3.63) is 64.1 Å². The highest BCUT2D eigenvalue weighted by Gasteiger charge is 2.10. The van der Waals surface area contributed by atoms with Crippen molar-refractivity contribution in [3.8, 4) is 10.6 Å². The summed E-state index contributed by atoms with van der Waals surface area (Å²) in [6.45, 7) is 0. The minimum atomic E-state index is -0.115. The number of rotatable bonds is 6. The molecule has 0 aliphatic carbocycles. The van der Waals surface area contributed by atoms with Crippen LogP contribution in [0, 0.1) is 0 Å². The molecule has 128 valence electrons. The van der Waals surface area contributed by atoms with Crippen molar-refractivity contribution < 1.29 is 4.79 Å². The van der Waals surface area contributed by atoms with Crippen LogP contribution in [0.3, 0.4) is 0 Å². The SMILES string of the molecule is O=C(CSCc1ccccc1Cl)Nc1nnc(-c2ccc(Cl)cc2)s1. The third-order valence-electron chi connectivity index (χ3n) is 3.21. The molecule has 2 aromatic carbocycles. The third kappa shape index (κ3) is 5.19. The topological polar surface area (TPSA) is 54.9 Å². The maximum Gasteiger partial charge on any atom is 0.236 e. The van der Waals surface area contributed by atoms with Crippen molar-refractivity contribution in [2.24, 2.45) is 0 Å². The van der Waals surface area contributed by atoms with Crippen LogP contribution >= 0.6 is 46.3 Å². The fraction of sp³-hybridized carbons (Fsp3) is 0.118. The first-order chi connectivity index (χ1) is 12.1. The molecule has 1 N–H and O–H groups in total. The van der Waals surface area contributed by atoms with Gasteiger partial charge in [-0.2, -0.15) is 0 Å². The van der Waals surface area contributed by atoms with Gasteiger partial charge >= 0.3 is 0 Å². The Morgan fingerprint density at radius 2 is 1.84 bits per heavy atom. The molecule has 0 aliphatic heterocycles. The van der Waals surface area contributed by atoms with Gasteiger partial charge in [0.25, 0.3) is 0 Å². The average Bonchev–Trinajstić information content (AvgIpc) is 3.05. The van der Waals surface area contributed by atoms with Crippen LogP contribution in [0.2, 0.25) is 10.0 Å². The fourth-order valence-electron chi connectivity index (χ4n) is 2.01. The first kappa shape index (κ1) is 18.2. The average molecular weight is 410 g/mol. The van der Waals surface area contributed by atoms with Gasteiger partial charge in [-0.25, -0.2) is 0 Å². The molecule has 0 radical (unpaired) electrons. The van der Waals surface area contributed by atoms with E-state index in [0.717, 1.165) is 16.1 Å². The largest absolute Gasteiger partial charge is 0.300 e. The van der Waals surface area contributed by atoms with Gasteiger partial charge in [-0.15, -0.1) is 22.0 Å². The highest BCUT2D eigenvalue weighted by atomic mass is 35.5. The number of hydrogen-bond donors (Lipinski definition) is 1. The van der Waals surface area contributed by atoms with Crippen LogP contribution in [0.25, 0.3) is 10.6 Å². The zero-order valence-electron chi connectivity index (χ0n) is 12.9. The Hall–Kier alpha value is -1.60. The lowest BCUT2D eigenvalue weighted by atomic mass is 10.2. The Morgan fingerprint density at radius 3 is 2.60 bits per heavy atom. The van der Waals surface area contributed by atoms with Crippen molar-refractivity contribution in [1.82, 2.24) is 10.2 Å². The van der Waals surface area contributed by atoms with E-state index < -0.39 is 0 Å². The van der Waals surface area contributed by atoms with E-state index in [1.807, 2.05) is 36.4 Å². The molecule has 0 saturated heterocycles. The number of nitrogens with zero attached hydrogens (tertiary/aromatic N) is 2. The molecule has 1 heterocycles. The summed E-state index contributed by atoms with van der Waals surface area (Å²) in [5.74, 6) is 0.885. The number of carbonyl (C=O) groups is 1. The van der Waals surface area contributed by atoms with Gasteiger partial charge in [0.2, 0.25) is 11.0 Å². The number of benzene rings is 2. The lowest BCUT2D eigenvalue weighted by molar-refractivity contribution is -0.113. The van der Waals surface area contributed by atoms with Crippen LogP contribution in [0.5, 0.6) is 0 Å². The second-order valence-electron chi connectivity index (χ2n) is 5.05. The molecule has 4 nitrogen and oxygen atoms in total. The van der Waals surface area contributed by atoms with Crippen LogP contribution in [-0.2, 0) is 10.5 Å². The molecule has 8 heteroatoms. The smallest absolute Gasteiger partial charge is 0.236 e. The van der Waals surface area contributed by atoms with E-state index >= 15 is 0 Å². The minimum Gasteiger partial charge on any atom is -0.300 e. The first-order valence-corrected chi connectivity index (χ1v) is 10.0. The molecule has 3 rings (SSSR count). The molecule has 1 aromatic heterocycles. The Bertz CT molecular complexity index is 868. The predicted molar refractivity (Wildman–Crippen MR) is 107 cm³/mol. The van der Waals surface area contributed by atoms with Crippen LogP contribution in [-0.4, -0.2) is 21.9 Å². The van der Waals surface area contributed by atoms with Gasteiger partial charge in [0.15, 0.2) is 0 Å². The minimum absolute atomic E-state index is 0.115. The van der Waals surface area contributed by atoms with Crippen molar-refractivity contribution >= 4 is 57.3 Å². The maximum absolute atomic E-state index is 12.0. The van der Waals surface area contributed by atoms with E-state index in [9.17, 15) is 4.79 Å². The van der Waals surface area contributed by atoms with Crippen molar-refractivity contribution in [2.75, 3.05) is 11.1 Å². The van der Waals surface area contributed by atoms with Crippen LogP contribution in [0.15, 0.2) is 48.5 Å². The molecule has 3 aromatic rings. The van der Waals surface area contributed by atoms with Crippen molar-refractivity contribution in [1.29, 1.82) is 0 Å². The summed E-state index contributed by atoms with van der Waals surface area (Å²) in [4.78, 5) is 12.0. The molecule has 25 heavy (non-hydrogen) atoms. The summed E-state index contributed by atoms with van der Waals surface area (Å²) in [5, 5.41) is 13.5. The normalized spacial score (nSPS) is 10.6. The Labute approximate surface area is 163 Å². The predicted octanol–water partition coefficient (Wildman–Crippen LogP) is 5.38. The van der Waals surface area contributed by atoms with Crippen LogP contribution in [0.4, 0.5) is 5.13 Å². The standard InChI is InChI=1S/C17H13Cl2N3OS2/c18-13-7-5-11(6-8-13)16-21-22-17(25-16)20-15(23)10-24-9-12-3-1-2-4-14(12)19/h1-8H,9-10H2,(H,20,22,23). The van der Waals surface area contributed by atoms with Crippen molar-refractivity contribution in [3.63, 3.8) is 0 Å². The van der Waals surface area contributed by atoms with Gasteiger partial charge in [-0.1, -0.05) is 64.9 Å². The zero-order chi connectivity index (χ0) is 17.6. The van der Waals surface area contributed by atoms with E-state index in [1.165, 1.54) is 23.1 Å². The molecular formula is C17H13Cl2N3OS2. The van der Waals surface area contributed by atoms with E-state index in [2.05, 4.69) is 15.5 Å². The maximum atomic E-state index is 12.0. The summed E-state index contributed by atoms with van der Waals surface area (Å²) >= 11 is 14.8. The lowest BCUT2D eigenvalue weighted by Gasteiger charge is -2.04. The zero-order valence-corrected chi connectivity index (χ0v) is 16.1. The number of halogens is 2. The van der Waals surface area contributed by atoms with Gasteiger partial charge in [-0.3, -0.25) is 10.1 Å². The molecule has 0 unspecified atom stereocenters. The number of hydrogen-bond acceptors (Lipinski definition) is 5. The number of nitrogens with one attached hydrogen (secondary N) is 1. The fourth-order valence-corrected chi connectivity index (χ4v) is 4.01. The highest BCUT2D eigenvalue weighted by molar-refractivity contribution is 7.99. The molecule has 0 saturated carbocycles. The quantitative estimate of drug-likeness (QED) is 0.593. The number of amides is 1. The summed E-state index contributed by atoms with van der Waals surface area (Å²) < 4.78 is 0. The highest BCUT2D eigenvalue weighted by Crippen LogP contribution is 2.27. The molecule has 0 bridgehead atoms. The van der Waals surface area contributed by atoms with Crippen molar-refractivity contribution in [2.45, 2.75) is 5.75 Å². The Morgan fingerprint density at radius 1 is 1.08 bits per heavy atom. The Balaban J connectivity index is 1.51. The molecule has 1 amide bonds. The second kappa shape index (κ2) is 8.67. The van der Waals surface area contributed by atoms with Gasteiger partial charge in [-0.05, 0) is 23.8 Å². The Kier molecular flexibility index (Phi) is 6.31. The van der Waals surface area contributed by atoms with Gasteiger partial charge in [0.05, 0.1) is 5.75 Å². The number of anilines is 1. The van der Waals surface area contributed by atoms with E-state index in [-0.39, 0.29) is 5.91 Å². The van der Waals surface area contributed by atoms with E-state index in [0.29, 0.717) is 26.7 Å². The van der Waals surface area contributed by atoms with Crippen LogP contribution in [0.1, 0.15) is 5.56 Å². The lowest BCUT2D eigenvalue weighted by Crippen LogP contribution is -2.14. The summed E-state index contributed by atoms with van der Waals surface area (Å²) in [7, 11) is 0. The summed E-state index contributed by atoms with van der Waals surface area (Å²) in [5.41, 5.74) is 1.93. The van der Waals surface area contributed by atoms with Gasteiger partial charge < -0.3 is 0 Å². The monoisotopic (exact) mass is 409 g/mol. The number of carbonyl (C=O) groups excluding carboxylic acids is 1. The van der Waals surface area contributed by atoms with Crippen LogP contribution < -0.4 is 5.32 Å².